The summed E-state index contributed by atoms with van der Waals surface area (Å²) in [5.74, 6) is -0.892. The molecule has 0 radical (unpaired) electrons. The van der Waals surface area contributed by atoms with E-state index in [9.17, 15) is 14.4 Å². The molecule has 1 aliphatic heterocycles. The van der Waals surface area contributed by atoms with Gasteiger partial charge in [0.1, 0.15) is 12.1 Å². The Labute approximate surface area is 208 Å². The van der Waals surface area contributed by atoms with Gasteiger partial charge in [0.15, 0.2) is 0 Å². The van der Waals surface area contributed by atoms with E-state index in [2.05, 4.69) is 5.32 Å². The molecule has 3 aromatic carbocycles. The molecule has 4 rings (SSSR count). The van der Waals surface area contributed by atoms with Gasteiger partial charge in [0.2, 0.25) is 5.91 Å². The van der Waals surface area contributed by atoms with Crippen LogP contribution in [-0.4, -0.2) is 34.2 Å². The lowest BCUT2D eigenvalue weighted by Gasteiger charge is -2.26. The van der Waals surface area contributed by atoms with Gasteiger partial charge in [0.05, 0.1) is 0 Å². The van der Waals surface area contributed by atoms with Crippen molar-refractivity contribution >= 4 is 41.0 Å². The average molecular weight is 496 g/mol. The third-order valence-electron chi connectivity index (χ3n) is 5.82. The van der Waals surface area contributed by atoms with Crippen molar-refractivity contribution in [3.05, 3.63) is 106 Å². The van der Waals surface area contributed by atoms with Crippen molar-refractivity contribution < 1.29 is 14.4 Å². The smallest absolute Gasteiger partial charge is 0.325 e. The first kappa shape index (κ1) is 23.8. The van der Waals surface area contributed by atoms with Gasteiger partial charge in [0, 0.05) is 28.7 Å². The molecule has 0 unspecified atom stereocenters. The zero-order valence-electron chi connectivity index (χ0n) is 18.5. The van der Waals surface area contributed by atoms with Crippen molar-refractivity contribution in [2.75, 3.05) is 6.54 Å². The lowest BCUT2D eigenvalue weighted by molar-refractivity contribution is -0.139. The molecular weight excluding hydrogens is 473 g/mol. The highest BCUT2D eigenvalue weighted by atomic mass is 35.5. The molecule has 1 aliphatic rings. The second-order valence-electron chi connectivity index (χ2n) is 8.29. The van der Waals surface area contributed by atoms with Crippen LogP contribution < -0.4 is 5.32 Å². The Morgan fingerprint density at radius 3 is 2.00 bits per heavy atom. The zero-order chi connectivity index (χ0) is 24.3. The number of urea groups is 1. The van der Waals surface area contributed by atoms with Gasteiger partial charge in [-0.25, -0.2) is 4.79 Å². The summed E-state index contributed by atoms with van der Waals surface area (Å²) in [6.07, 6.45) is 0. The van der Waals surface area contributed by atoms with Crippen LogP contribution in [0.1, 0.15) is 23.6 Å². The lowest BCUT2D eigenvalue weighted by atomic mass is 9.92. The zero-order valence-corrected chi connectivity index (χ0v) is 20.0. The van der Waals surface area contributed by atoms with E-state index in [4.69, 9.17) is 23.2 Å². The second kappa shape index (κ2) is 9.87. The predicted octanol–water partition coefficient (Wildman–Crippen LogP) is 4.99. The molecule has 0 aliphatic carbocycles. The number of amides is 4. The highest BCUT2D eigenvalue weighted by molar-refractivity contribution is 6.35. The molecule has 0 spiro atoms. The minimum absolute atomic E-state index is 0.256. The van der Waals surface area contributed by atoms with Gasteiger partial charge in [-0.05, 0) is 30.2 Å². The summed E-state index contributed by atoms with van der Waals surface area (Å²) in [6, 6.07) is 23.2. The van der Waals surface area contributed by atoms with E-state index >= 15 is 0 Å². The Morgan fingerprint density at radius 1 is 0.912 bits per heavy atom. The van der Waals surface area contributed by atoms with E-state index in [1.54, 1.807) is 24.0 Å². The molecular formula is C26H23Cl2N3O3. The van der Waals surface area contributed by atoms with Crippen molar-refractivity contribution in [1.29, 1.82) is 0 Å². The molecule has 0 bridgehead atoms. The maximum Gasteiger partial charge on any atom is 0.325 e. The fourth-order valence-electron chi connectivity index (χ4n) is 3.99. The van der Waals surface area contributed by atoms with Gasteiger partial charge in [-0.3, -0.25) is 14.5 Å². The summed E-state index contributed by atoms with van der Waals surface area (Å²) >= 11 is 12.3. The minimum atomic E-state index is -1.40. The first-order chi connectivity index (χ1) is 16.3. The van der Waals surface area contributed by atoms with E-state index in [-0.39, 0.29) is 17.5 Å². The summed E-state index contributed by atoms with van der Waals surface area (Å²) in [5, 5.41) is 3.36. The molecule has 1 atom stereocenters. The first-order valence-electron chi connectivity index (χ1n) is 10.7. The molecule has 174 valence electrons. The Balaban J connectivity index is 1.56. The van der Waals surface area contributed by atoms with Crippen LogP contribution >= 0.6 is 23.2 Å². The Bertz CT molecular complexity index is 1180. The monoisotopic (exact) mass is 495 g/mol. The minimum Gasteiger partial charge on any atom is -0.332 e. The van der Waals surface area contributed by atoms with Gasteiger partial charge < -0.3 is 10.2 Å². The highest BCUT2D eigenvalue weighted by Crippen LogP contribution is 2.35. The number of halogens is 2. The van der Waals surface area contributed by atoms with Crippen LogP contribution in [0.25, 0.3) is 0 Å². The van der Waals surface area contributed by atoms with Crippen LogP contribution in [0.3, 0.4) is 0 Å². The van der Waals surface area contributed by atoms with E-state index in [0.29, 0.717) is 23.7 Å². The van der Waals surface area contributed by atoms with Gasteiger partial charge >= 0.3 is 6.03 Å². The molecule has 1 N–H and O–H groups in total. The SMILES string of the molecule is C[C@@]1(c2ccc(Cl)cc2Cl)NC(=O)N(CC(=O)N(Cc2ccccc2)Cc2ccccc2)C1=O. The summed E-state index contributed by atoms with van der Waals surface area (Å²) < 4.78 is 0. The number of carbonyl (C=O) groups excluding carboxylic acids is 3. The van der Waals surface area contributed by atoms with E-state index < -0.39 is 17.5 Å². The fraction of sp³-hybridized carbons (Fsp3) is 0.192. The van der Waals surface area contributed by atoms with Gasteiger partial charge in [0.25, 0.3) is 5.91 Å². The third-order valence-corrected chi connectivity index (χ3v) is 6.37. The Morgan fingerprint density at radius 2 is 1.47 bits per heavy atom. The highest BCUT2D eigenvalue weighted by Gasteiger charge is 2.50. The number of carbonyl (C=O) groups is 3. The standard InChI is InChI=1S/C26H23Cl2N3O3/c1-26(21-13-12-20(27)14-22(21)28)24(33)31(25(34)29-26)17-23(32)30(15-18-8-4-2-5-9-18)16-19-10-6-3-7-11-19/h2-14H,15-17H2,1H3,(H,29,34)/t26-/m0/s1. The molecule has 1 fully saturated rings. The Hall–Kier alpha value is -3.35. The summed E-state index contributed by atoms with van der Waals surface area (Å²) in [7, 11) is 0. The molecule has 4 amide bonds. The molecule has 1 saturated heterocycles. The summed E-state index contributed by atoms with van der Waals surface area (Å²) in [6.45, 7) is 1.88. The number of nitrogens with zero attached hydrogens (tertiary/aromatic N) is 2. The van der Waals surface area contributed by atoms with Gasteiger partial charge in [-0.2, -0.15) is 0 Å². The molecule has 0 aromatic heterocycles. The fourth-order valence-corrected chi connectivity index (χ4v) is 4.59. The number of hydrogen-bond donors (Lipinski definition) is 1. The molecule has 34 heavy (non-hydrogen) atoms. The van der Waals surface area contributed by atoms with Crippen LogP contribution in [0.15, 0.2) is 78.9 Å². The second-order valence-corrected chi connectivity index (χ2v) is 9.14. The Kier molecular flexibility index (Phi) is 6.91. The predicted molar refractivity (Wildman–Crippen MR) is 131 cm³/mol. The van der Waals surface area contributed by atoms with Crippen LogP contribution in [0.5, 0.6) is 0 Å². The molecule has 1 heterocycles. The van der Waals surface area contributed by atoms with Crippen molar-refractivity contribution in [3.8, 4) is 0 Å². The lowest BCUT2D eigenvalue weighted by Crippen LogP contribution is -2.44. The topological polar surface area (TPSA) is 69.7 Å². The number of imide groups is 1. The van der Waals surface area contributed by atoms with Crippen molar-refractivity contribution in [1.82, 2.24) is 15.1 Å². The van der Waals surface area contributed by atoms with Crippen LogP contribution in [0.4, 0.5) is 4.79 Å². The number of benzene rings is 3. The van der Waals surface area contributed by atoms with Crippen molar-refractivity contribution in [3.63, 3.8) is 0 Å². The number of nitrogens with one attached hydrogen (secondary N) is 1. The van der Waals surface area contributed by atoms with E-state index in [1.807, 2.05) is 60.7 Å². The van der Waals surface area contributed by atoms with E-state index in [0.717, 1.165) is 16.0 Å². The van der Waals surface area contributed by atoms with Crippen LogP contribution in [0, 0.1) is 0 Å². The normalized spacial score (nSPS) is 17.6. The third kappa shape index (κ3) is 4.93. The van der Waals surface area contributed by atoms with E-state index in [1.165, 1.54) is 6.07 Å². The van der Waals surface area contributed by atoms with Crippen molar-refractivity contribution in [2.45, 2.75) is 25.6 Å². The summed E-state index contributed by atoms with van der Waals surface area (Å²) in [4.78, 5) is 42.1. The quantitative estimate of drug-likeness (QED) is 0.469. The average Bonchev–Trinajstić information content (AvgIpc) is 3.03. The molecule has 8 heteroatoms. The van der Waals surface area contributed by atoms with Gasteiger partial charge in [-0.15, -0.1) is 0 Å². The van der Waals surface area contributed by atoms with Crippen molar-refractivity contribution in [2.24, 2.45) is 0 Å². The molecule has 3 aromatic rings. The number of rotatable bonds is 7. The van der Waals surface area contributed by atoms with Gasteiger partial charge in [-0.1, -0.05) is 89.9 Å². The maximum absolute atomic E-state index is 13.4. The van der Waals surface area contributed by atoms with Crippen LogP contribution in [-0.2, 0) is 28.2 Å². The largest absolute Gasteiger partial charge is 0.332 e. The summed E-state index contributed by atoms with van der Waals surface area (Å²) in [5.41, 5.74) is 0.906. The maximum atomic E-state index is 13.4. The molecule has 0 saturated carbocycles. The number of hydrogen-bond acceptors (Lipinski definition) is 3. The first-order valence-corrected chi connectivity index (χ1v) is 11.5. The molecule has 6 nitrogen and oxygen atoms in total. The van der Waals surface area contributed by atoms with Crippen LogP contribution in [0.2, 0.25) is 10.0 Å².